The van der Waals surface area contributed by atoms with Crippen LogP contribution in [0.25, 0.3) is 5.82 Å². The SMILES string of the molecule is Cc1ccc(C)c(OCC(=O)N2CCN(c3ccc(-n4cncn4)nn3)CC2)c1. The van der Waals surface area contributed by atoms with Gasteiger partial charge in [-0.2, -0.15) is 5.10 Å². The molecule has 0 aliphatic carbocycles. The first-order chi connectivity index (χ1) is 14.1. The molecule has 3 heterocycles. The van der Waals surface area contributed by atoms with Gasteiger partial charge in [0.1, 0.15) is 18.4 Å². The fraction of sp³-hybridized carbons (Fsp3) is 0.350. The van der Waals surface area contributed by atoms with Crippen molar-refractivity contribution in [2.24, 2.45) is 0 Å². The molecule has 1 amide bonds. The van der Waals surface area contributed by atoms with Gasteiger partial charge in [-0.3, -0.25) is 4.79 Å². The Morgan fingerprint density at radius 1 is 1.03 bits per heavy atom. The highest BCUT2D eigenvalue weighted by Crippen LogP contribution is 2.19. The van der Waals surface area contributed by atoms with Crippen LogP contribution >= 0.6 is 0 Å². The summed E-state index contributed by atoms with van der Waals surface area (Å²) in [5.74, 6) is 2.16. The molecular weight excluding hydrogens is 370 g/mol. The first kappa shape index (κ1) is 18.9. The minimum absolute atomic E-state index is 0.00169. The van der Waals surface area contributed by atoms with Crippen molar-refractivity contribution in [3.8, 4) is 11.6 Å². The molecule has 1 aromatic carbocycles. The van der Waals surface area contributed by atoms with E-state index in [4.69, 9.17) is 4.74 Å². The number of aromatic nitrogens is 5. The van der Waals surface area contributed by atoms with Gasteiger partial charge in [-0.1, -0.05) is 12.1 Å². The summed E-state index contributed by atoms with van der Waals surface area (Å²) in [6.45, 7) is 6.70. The maximum absolute atomic E-state index is 12.5. The van der Waals surface area contributed by atoms with Crippen molar-refractivity contribution in [1.82, 2.24) is 29.9 Å². The number of aryl methyl sites for hydroxylation is 2. The largest absolute Gasteiger partial charge is 0.483 e. The van der Waals surface area contributed by atoms with E-state index in [0.29, 0.717) is 32.0 Å². The van der Waals surface area contributed by atoms with Crippen LogP contribution in [0.2, 0.25) is 0 Å². The van der Waals surface area contributed by atoms with Crippen LogP contribution < -0.4 is 9.64 Å². The molecule has 4 rings (SSSR count). The molecule has 1 aliphatic heterocycles. The smallest absolute Gasteiger partial charge is 0.260 e. The highest BCUT2D eigenvalue weighted by Gasteiger charge is 2.22. The van der Waals surface area contributed by atoms with Gasteiger partial charge in [0.2, 0.25) is 0 Å². The number of rotatable bonds is 5. The molecule has 1 saturated heterocycles. The van der Waals surface area contributed by atoms with E-state index in [1.165, 1.54) is 6.33 Å². The maximum atomic E-state index is 12.5. The van der Waals surface area contributed by atoms with Crippen LogP contribution in [-0.2, 0) is 4.79 Å². The third kappa shape index (κ3) is 4.34. The lowest BCUT2D eigenvalue weighted by atomic mass is 10.1. The third-order valence-corrected chi connectivity index (χ3v) is 4.94. The van der Waals surface area contributed by atoms with Crippen LogP contribution in [0.3, 0.4) is 0 Å². The number of benzene rings is 1. The number of carbonyl (C=O) groups excluding carboxylic acids is 1. The van der Waals surface area contributed by atoms with E-state index in [2.05, 4.69) is 25.2 Å². The Bertz CT molecular complexity index is 965. The monoisotopic (exact) mass is 393 g/mol. The summed E-state index contributed by atoms with van der Waals surface area (Å²) in [5, 5.41) is 12.5. The van der Waals surface area contributed by atoms with E-state index in [1.807, 2.05) is 49.1 Å². The second-order valence-electron chi connectivity index (χ2n) is 7.02. The van der Waals surface area contributed by atoms with Crippen LogP contribution in [-0.4, -0.2) is 68.6 Å². The lowest BCUT2D eigenvalue weighted by molar-refractivity contribution is -0.133. The summed E-state index contributed by atoms with van der Waals surface area (Å²) < 4.78 is 7.31. The number of piperazine rings is 1. The van der Waals surface area contributed by atoms with E-state index < -0.39 is 0 Å². The molecule has 0 saturated carbocycles. The van der Waals surface area contributed by atoms with Gasteiger partial charge in [-0.15, -0.1) is 10.2 Å². The molecule has 0 bridgehead atoms. The molecule has 150 valence electrons. The molecule has 0 unspecified atom stereocenters. The Balaban J connectivity index is 1.29. The number of hydrogen-bond donors (Lipinski definition) is 0. The Kier molecular flexibility index (Phi) is 5.37. The van der Waals surface area contributed by atoms with Gasteiger partial charge in [0.05, 0.1) is 0 Å². The van der Waals surface area contributed by atoms with Gasteiger partial charge >= 0.3 is 0 Å². The minimum Gasteiger partial charge on any atom is -0.483 e. The Hall–Kier alpha value is -3.49. The van der Waals surface area contributed by atoms with Crippen LogP contribution in [0.4, 0.5) is 5.82 Å². The summed E-state index contributed by atoms with van der Waals surface area (Å²) in [6, 6.07) is 9.76. The van der Waals surface area contributed by atoms with Gasteiger partial charge in [0, 0.05) is 26.2 Å². The molecule has 29 heavy (non-hydrogen) atoms. The van der Waals surface area contributed by atoms with Crippen molar-refractivity contribution in [2.45, 2.75) is 13.8 Å². The molecular formula is C20H23N7O2. The molecule has 0 spiro atoms. The van der Waals surface area contributed by atoms with Crippen molar-refractivity contribution >= 4 is 11.7 Å². The fourth-order valence-electron chi connectivity index (χ4n) is 3.21. The number of carbonyl (C=O) groups is 1. The number of hydrogen-bond acceptors (Lipinski definition) is 7. The first-order valence-electron chi connectivity index (χ1n) is 9.51. The number of ether oxygens (including phenoxy) is 1. The van der Waals surface area contributed by atoms with Gasteiger partial charge in [-0.25, -0.2) is 9.67 Å². The topological polar surface area (TPSA) is 89.3 Å². The minimum atomic E-state index is -0.00169. The Morgan fingerprint density at radius 3 is 2.48 bits per heavy atom. The molecule has 0 atom stereocenters. The van der Waals surface area contributed by atoms with Gasteiger partial charge in [0.25, 0.3) is 5.91 Å². The number of nitrogens with zero attached hydrogens (tertiary/aromatic N) is 7. The van der Waals surface area contributed by atoms with Crippen molar-refractivity contribution in [2.75, 3.05) is 37.7 Å². The van der Waals surface area contributed by atoms with Crippen molar-refractivity contribution in [3.63, 3.8) is 0 Å². The molecule has 9 nitrogen and oxygen atoms in total. The van der Waals surface area contributed by atoms with E-state index in [1.54, 1.807) is 11.0 Å². The molecule has 9 heteroatoms. The van der Waals surface area contributed by atoms with Crippen molar-refractivity contribution < 1.29 is 9.53 Å². The average Bonchev–Trinajstić information content (AvgIpc) is 3.29. The third-order valence-electron chi connectivity index (χ3n) is 4.94. The van der Waals surface area contributed by atoms with Gasteiger partial charge in [0.15, 0.2) is 18.2 Å². The summed E-state index contributed by atoms with van der Waals surface area (Å²) in [4.78, 5) is 20.4. The zero-order chi connectivity index (χ0) is 20.2. The summed E-state index contributed by atoms with van der Waals surface area (Å²) >= 11 is 0. The van der Waals surface area contributed by atoms with Crippen molar-refractivity contribution in [3.05, 3.63) is 54.1 Å². The second-order valence-corrected chi connectivity index (χ2v) is 7.02. The molecule has 1 fully saturated rings. The molecule has 1 aliphatic rings. The fourth-order valence-corrected chi connectivity index (χ4v) is 3.21. The van der Waals surface area contributed by atoms with E-state index >= 15 is 0 Å². The quantitative estimate of drug-likeness (QED) is 0.647. The summed E-state index contributed by atoms with van der Waals surface area (Å²) in [5.41, 5.74) is 2.14. The Morgan fingerprint density at radius 2 is 1.79 bits per heavy atom. The van der Waals surface area contributed by atoms with Crippen LogP contribution in [0.1, 0.15) is 11.1 Å². The first-order valence-corrected chi connectivity index (χ1v) is 9.51. The number of anilines is 1. The molecule has 2 aromatic heterocycles. The van der Waals surface area contributed by atoms with E-state index in [-0.39, 0.29) is 12.5 Å². The summed E-state index contributed by atoms with van der Waals surface area (Å²) in [6.07, 6.45) is 3.03. The van der Waals surface area contributed by atoms with Gasteiger partial charge < -0.3 is 14.5 Å². The average molecular weight is 393 g/mol. The van der Waals surface area contributed by atoms with E-state index in [0.717, 1.165) is 22.7 Å². The van der Waals surface area contributed by atoms with Crippen LogP contribution in [0.15, 0.2) is 43.0 Å². The second kappa shape index (κ2) is 8.26. The summed E-state index contributed by atoms with van der Waals surface area (Å²) in [7, 11) is 0. The number of amides is 1. The van der Waals surface area contributed by atoms with Crippen LogP contribution in [0.5, 0.6) is 5.75 Å². The van der Waals surface area contributed by atoms with Crippen LogP contribution in [0, 0.1) is 13.8 Å². The molecule has 0 radical (unpaired) electrons. The predicted molar refractivity (Wildman–Crippen MR) is 107 cm³/mol. The van der Waals surface area contributed by atoms with E-state index in [9.17, 15) is 4.79 Å². The normalized spacial score (nSPS) is 14.1. The predicted octanol–water partition coefficient (Wildman–Crippen LogP) is 1.40. The highest BCUT2D eigenvalue weighted by atomic mass is 16.5. The zero-order valence-corrected chi connectivity index (χ0v) is 16.5. The zero-order valence-electron chi connectivity index (χ0n) is 16.5. The standard InChI is InChI=1S/C20H23N7O2/c1-15-3-4-16(2)17(11-15)29-12-20(28)26-9-7-25(8-10-26)18-5-6-19(24-23-18)27-14-21-13-22-27/h3-6,11,13-14H,7-10,12H2,1-2H3. The Labute approximate surface area is 168 Å². The maximum Gasteiger partial charge on any atom is 0.260 e. The molecule has 3 aromatic rings. The van der Waals surface area contributed by atoms with Crippen molar-refractivity contribution in [1.29, 1.82) is 0 Å². The highest BCUT2D eigenvalue weighted by molar-refractivity contribution is 5.78. The lowest BCUT2D eigenvalue weighted by Crippen LogP contribution is -2.50. The molecule has 0 N–H and O–H groups in total. The van der Waals surface area contributed by atoms with Gasteiger partial charge in [-0.05, 0) is 43.2 Å². The lowest BCUT2D eigenvalue weighted by Gasteiger charge is -2.35.